The fourth-order valence-corrected chi connectivity index (χ4v) is 3.35. The third-order valence-electron chi connectivity index (χ3n) is 2.98. The summed E-state index contributed by atoms with van der Waals surface area (Å²) in [6.45, 7) is 4.86. The van der Waals surface area contributed by atoms with Gasteiger partial charge in [0.2, 0.25) is 0 Å². The molecule has 0 spiro atoms. The molecule has 0 radical (unpaired) electrons. The van der Waals surface area contributed by atoms with Crippen molar-refractivity contribution in [1.29, 1.82) is 0 Å². The Labute approximate surface area is 133 Å². The second-order valence-electron chi connectivity index (χ2n) is 5.22. The lowest BCUT2D eigenvalue weighted by Crippen LogP contribution is -2.21. The Morgan fingerprint density at radius 1 is 1.14 bits per heavy atom. The van der Waals surface area contributed by atoms with Crippen molar-refractivity contribution in [1.82, 2.24) is 5.32 Å². The predicted molar refractivity (Wildman–Crippen MR) is 87.7 cm³/mol. The van der Waals surface area contributed by atoms with Crippen LogP contribution < -0.4 is 5.32 Å². The van der Waals surface area contributed by atoms with Crippen molar-refractivity contribution in [3.8, 4) is 0 Å². The van der Waals surface area contributed by atoms with E-state index in [1.807, 2.05) is 36.4 Å². The van der Waals surface area contributed by atoms with Crippen LogP contribution in [0.15, 0.2) is 40.8 Å². The van der Waals surface area contributed by atoms with Crippen molar-refractivity contribution in [2.45, 2.75) is 37.9 Å². The van der Waals surface area contributed by atoms with E-state index in [4.69, 9.17) is 16.0 Å². The summed E-state index contributed by atoms with van der Waals surface area (Å²) < 4.78 is 17.9. The van der Waals surface area contributed by atoms with Crippen molar-refractivity contribution in [2.75, 3.05) is 0 Å². The van der Waals surface area contributed by atoms with Crippen molar-refractivity contribution < 1.29 is 8.63 Å². The molecular weight excluding hydrogens is 306 g/mol. The van der Waals surface area contributed by atoms with E-state index in [1.54, 1.807) is 0 Å². The van der Waals surface area contributed by atoms with E-state index in [1.165, 1.54) is 0 Å². The average Bonchev–Trinajstić information content (AvgIpc) is 2.86. The Bertz CT molecular complexity index is 610. The van der Waals surface area contributed by atoms with Crippen molar-refractivity contribution in [3.63, 3.8) is 0 Å². The van der Waals surface area contributed by atoms with Crippen LogP contribution in [-0.2, 0) is 28.9 Å². The molecule has 3 nitrogen and oxygen atoms in total. The molecule has 1 aromatic heterocycles. The zero-order valence-corrected chi connectivity index (χ0v) is 13.8. The lowest BCUT2D eigenvalue weighted by Gasteiger charge is -2.05. The van der Waals surface area contributed by atoms with Crippen molar-refractivity contribution >= 4 is 22.4 Å². The van der Waals surface area contributed by atoms with Gasteiger partial charge in [0.1, 0.15) is 11.5 Å². The van der Waals surface area contributed by atoms with Gasteiger partial charge >= 0.3 is 0 Å². The molecule has 1 atom stereocenters. The first-order valence-electron chi connectivity index (χ1n) is 6.94. The zero-order valence-electron chi connectivity index (χ0n) is 12.3. The molecule has 0 aliphatic rings. The highest BCUT2D eigenvalue weighted by molar-refractivity contribution is 7.83. The van der Waals surface area contributed by atoms with E-state index in [0.29, 0.717) is 29.1 Å². The van der Waals surface area contributed by atoms with Crippen LogP contribution in [0.25, 0.3) is 0 Å². The van der Waals surface area contributed by atoms with Gasteiger partial charge in [-0.1, -0.05) is 43.6 Å². The number of benzene rings is 1. The zero-order chi connectivity index (χ0) is 15.2. The maximum absolute atomic E-state index is 12.2. The smallest absolute Gasteiger partial charge is 0.118 e. The Morgan fingerprint density at radius 2 is 1.86 bits per heavy atom. The van der Waals surface area contributed by atoms with Crippen LogP contribution in [0.3, 0.4) is 0 Å². The molecule has 1 N–H and O–H groups in total. The fourth-order valence-electron chi connectivity index (χ4n) is 1.90. The highest BCUT2D eigenvalue weighted by Crippen LogP contribution is 2.18. The van der Waals surface area contributed by atoms with Gasteiger partial charge in [0, 0.05) is 21.9 Å². The minimum Gasteiger partial charge on any atom is -0.464 e. The standard InChI is InChI=1S/C16H20ClNO2S/c1-12(2)18-9-14-7-8-15(20-14)11-21(19)10-13-5-3-4-6-16(13)17/h3-8,12,18H,9-11H2,1-2H3. The van der Waals surface area contributed by atoms with Crippen LogP contribution in [0.4, 0.5) is 0 Å². The van der Waals surface area contributed by atoms with Crippen LogP contribution in [0, 0.1) is 0 Å². The van der Waals surface area contributed by atoms with Gasteiger partial charge in [-0.25, -0.2) is 0 Å². The third-order valence-corrected chi connectivity index (χ3v) is 4.59. The van der Waals surface area contributed by atoms with Gasteiger partial charge in [-0.05, 0) is 23.8 Å². The predicted octanol–water partition coefficient (Wildman–Crippen LogP) is 3.88. The van der Waals surface area contributed by atoms with E-state index < -0.39 is 10.8 Å². The summed E-state index contributed by atoms with van der Waals surface area (Å²) in [4.78, 5) is 0. The largest absolute Gasteiger partial charge is 0.464 e. The molecule has 1 aromatic carbocycles. The van der Waals surface area contributed by atoms with E-state index in [-0.39, 0.29) is 0 Å². The summed E-state index contributed by atoms with van der Waals surface area (Å²) >= 11 is 6.08. The first-order valence-corrected chi connectivity index (χ1v) is 8.80. The first kappa shape index (κ1) is 16.3. The summed E-state index contributed by atoms with van der Waals surface area (Å²) in [5, 5.41) is 3.95. The molecule has 21 heavy (non-hydrogen) atoms. The first-order chi connectivity index (χ1) is 10.0. The fraction of sp³-hybridized carbons (Fsp3) is 0.375. The van der Waals surface area contributed by atoms with Gasteiger partial charge in [-0.15, -0.1) is 0 Å². The number of hydrogen-bond donors (Lipinski definition) is 1. The van der Waals surface area contributed by atoms with Gasteiger partial charge in [0.05, 0.1) is 18.1 Å². The average molecular weight is 326 g/mol. The lowest BCUT2D eigenvalue weighted by atomic mass is 10.2. The van der Waals surface area contributed by atoms with Crippen LogP contribution in [0.5, 0.6) is 0 Å². The molecule has 1 heterocycles. The minimum absolute atomic E-state index is 0.410. The molecular formula is C16H20ClNO2S. The number of nitrogens with one attached hydrogen (secondary N) is 1. The Hall–Kier alpha value is -1.10. The molecule has 2 aromatic rings. The van der Waals surface area contributed by atoms with Crippen molar-refractivity contribution in [2.24, 2.45) is 0 Å². The van der Waals surface area contributed by atoms with Gasteiger partial charge in [0.15, 0.2) is 0 Å². The van der Waals surface area contributed by atoms with E-state index >= 15 is 0 Å². The summed E-state index contributed by atoms with van der Waals surface area (Å²) in [7, 11) is -1.03. The molecule has 0 saturated heterocycles. The van der Waals surface area contributed by atoms with Gasteiger partial charge < -0.3 is 9.73 Å². The van der Waals surface area contributed by atoms with Crippen LogP contribution in [-0.4, -0.2) is 10.3 Å². The maximum atomic E-state index is 12.2. The summed E-state index contributed by atoms with van der Waals surface area (Å²) in [6.07, 6.45) is 0. The van der Waals surface area contributed by atoms with Crippen molar-refractivity contribution in [3.05, 3.63) is 58.5 Å². The molecule has 5 heteroatoms. The van der Waals surface area contributed by atoms with Crippen LogP contribution >= 0.6 is 11.6 Å². The van der Waals surface area contributed by atoms with Gasteiger partial charge in [-0.3, -0.25) is 4.21 Å². The summed E-state index contributed by atoms with van der Waals surface area (Å²) in [5.74, 6) is 2.47. The van der Waals surface area contributed by atoms with Gasteiger partial charge in [-0.2, -0.15) is 0 Å². The maximum Gasteiger partial charge on any atom is 0.118 e. The number of halogens is 1. The van der Waals surface area contributed by atoms with Gasteiger partial charge in [0.25, 0.3) is 0 Å². The molecule has 0 fully saturated rings. The molecule has 2 rings (SSSR count). The topological polar surface area (TPSA) is 42.2 Å². The van der Waals surface area contributed by atoms with Crippen LogP contribution in [0.1, 0.15) is 30.9 Å². The molecule has 1 unspecified atom stereocenters. The summed E-state index contributed by atoms with van der Waals surface area (Å²) in [6, 6.07) is 11.7. The number of rotatable bonds is 7. The van der Waals surface area contributed by atoms with E-state index in [0.717, 1.165) is 17.1 Å². The summed E-state index contributed by atoms with van der Waals surface area (Å²) in [5.41, 5.74) is 0.908. The SMILES string of the molecule is CC(C)NCc1ccc(CS(=O)Cc2ccccc2Cl)o1. The second kappa shape index (κ2) is 7.78. The molecule has 0 saturated carbocycles. The normalized spacial score (nSPS) is 12.8. The molecule has 0 amide bonds. The Kier molecular flexibility index (Phi) is 6.03. The number of furan rings is 1. The van der Waals surface area contributed by atoms with E-state index in [9.17, 15) is 4.21 Å². The minimum atomic E-state index is -1.03. The molecule has 114 valence electrons. The highest BCUT2D eigenvalue weighted by Gasteiger charge is 2.09. The Balaban J connectivity index is 1.90. The van der Waals surface area contributed by atoms with E-state index in [2.05, 4.69) is 19.2 Å². The Morgan fingerprint density at radius 3 is 2.57 bits per heavy atom. The molecule has 0 aliphatic heterocycles. The highest BCUT2D eigenvalue weighted by atomic mass is 35.5. The third kappa shape index (κ3) is 5.30. The van der Waals surface area contributed by atoms with Crippen LogP contribution in [0.2, 0.25) is 5.02 Å². The quantitative estimate of drug-likeness (QED) is 0.840. The second-order valence-corrected chi connectivity index (χ2v) is 7.09. The number of hydrogen-bond acceptors (Lipinski definition) is 3. The molecule has 0 aliphatic carbocycles. The lowest BCUT2D eigenvalue weighted by molar-refractivity contribution is 0.445. The molecule has 0 bridgehead atoms. The monoisotopic (exact) mass is 325 g/mol.